The van der Waals surface area contributed by atoms with Gasteiger partial charge in [0, 0.05) is 35.2 Å². The number of Topliss-reactive ketones (excluding diaryl/α,β-unsaturated/α-hetero) is 1. The fourth-order valence-corrected chi connectivity index (χ4v) is 1.93. The van der Waals surface area contributed by atoms with E-state index >= 15 is 0 Å². The first-order chi connectivity index (χ1) is 10.5. The lowest BCUT2D eigenvalue weighted by molar-refractivity contribution is -0.116. The molecule has 0 saturated heterocycles. The number of amides is 1. The summed E-state index contributed by atoms with van der Waals surface area (Å²) in [6.45, 7) is 0. The van der Waals surface area contributed by atoms with Crippen LogP contribution in [0.5, 0.6) is 0 Å². The molecule has 0 aliphatic heterocycles. The zero-order valence-electron chi connectivity index (χ0n) is 11.4. The van der Waals surface area contributed by atoms with Crippen LogP contribution in [0.4, 0.5) is 14.5 Å². The van der Waals surface area contributed by atoms with Crippen LogP contribution in [0.3, 0.4) is 0 Å². The average Bonchev–Trinajstić information content (AvgIpc) is 2.49. The van der Waals surface area contributed by atoms with E-state index in [1.165, 1.54) is 6.07 Å². The summed E-state index contributed by atoms with van der Waals surface area (Å²) in [5.41, 5.74) is 0.605. The van der Waals surface area contributed by atoms with E-state index in [1.54, 1.807) is 24.3 Å². The van der Waals surface area contributed by atoms with Gasteiger partial charge in [-0.15, -0.1) is 0 Å². The molecule has 0 aliphatic rings. The van der Waals surface area contributed by atoms with Crippen molar-refractivity contribution < 1.29 is 18.4 Å². The Hall–Kier alpha value is -2.27. The minimum atomic E-state index is -1.05. The first kappa shape index (κ1) is 16.1. The van der Waals surface area contributed by atoms with E-state index < -0.39 is 17.5 Å². The summed E-state index contributed by atoms with van der Waals surface area (Å²) in [7, 11) is 0. The Kier molecular flexibility index (Phi) is 5.22. The molecule has 114 valence electrons. The zero-order chi connectivity index (χ0) is 16.1. The maximum atomic E-state index is 13.0. The first-order valence-electron chi connectivity index (χ1n) is 6.49. The third kappa shape index (κ3) is 4.36. The Morgan fingerprint density at radius 2 is 1.64 bits per heavy atom. The Morgan fingerprint density at radius 3 is 2.27 bits per heavy atom. The second kappa shape index (κ2) is 7.13. The van der Waals surface area contributed by atoms with Crippen LogP contribution >= 0.6 is 11.6 Å². The van der Waals surface area contributed by atoms with Crippen molar-refractivity contribution in [3.05, 3.63) is 64.7 Å². The van der Waals surface area contributed by atoms with Crippen LogP contribution in [-0.4, -0.2) is 11.7 Å². The molecule has 0 radical (unpaired) electrons. The van der Waals surface area contributed by atoms with Crippen LogP contribution in [0, 0.1) is 11.6 Å². The summed E-state index contributed by atoms with van der Waals surface area (Å²) in [5, 5.41) is 2.93. The van der Waals surface area contributed by atoms with E-state index in [-0.39, 0.29) is 24.3 Å². The van der Waals surface area contributed by atoms with Gasteiger partial charge in [0.15, 0.2) is 17.4 Å². The standard InChI is InChI=1S/C16H12ClF2NO2/c17-11-3-1-10(2-4-11)15(21)7-8-16(22)20-12-5-6-13(18)14(19)9-12/h1-6,9H,7-8H2,(H,20,22). The molecule has 0 spiro atoms. The quantitative estimate of drug-likeness (QED) is 0.837. The van der Waals surface area contributed by atoms with Crippen LogP contribution in [0.15, 0.2) is 42.5 Å². The summed E-state index contributed by atoms with van der Waals surface area (Å²) < 4.78 is 25.8. The van der Waals surface area contributed by atoms with Gasteiger partial charge in [0.2, 0.25) is 5.91 Å². The van der Waals surface area contributed by atoms with E-state index in [1.807, 2.05) is 0 Å². The Balaban J connectivity index is 1.88. The Labute approximate surface area is 130 Å². The van der Waals surface area contributed by atoms with Gasteiger partial charge >= 0.3 is 0 Å². The van der Waals surface area contributed by atoms with Crippen LogP contribution in [0.25, 0.3) is 0 Å². The SMILES string of the molecule is O=C(CCC(=O)c1ccc(Cl)cc1)Nc1ccc(F)c(F)c1. The molecule has 2 rings (SSSR count). The predicted molar refractivity (Wildman–Crippen MR) is 80.0 cm³/mol. The number of benzene rings is 2. The lowest BCUT2D eigenvalue weighted by Gasteiger charge is -2.05. The van der Waals surface area contributed by atoms with Gasteiger partial charge in [-0.2, -0.15) is 0 Å². The molecular formula is C16H12ClF2NO2. The molecule has 0 fully saturated rings. The smallest absolute Gasteiger partial charge is 0.224 e. The molecule has 0 atom stereocenters. The molecule has 0 aliphatic carbocycles. The molecule has 0 aromatic heterocycles. The van der Waals surface area contributed by atoms with E-state index in [4.69, 9.17) is 11.6 Å². The van der Waals surface area contributed by atoms with Gasteiger partial charge in [-0.25, -0.2) is 8.78 Å². The van der Waals surface area contributed by atoms with E-state index in [0.29, 0.717) is 10.6 Å². The van der Waals surface area contributed by atoms with Crippen molar-refractivity contribution >= 4 is 29.0 Å². The van der Waals surface area contributed by atoms with Crippen molar-refractivity contribution in [1.82, 2.24) is 0 Å². The number of nitrogens with one attached hydrogen (secondary N) is 1. The number of anilines is 1. The number of carbonyl (C=O) groups is 2. The van der Waals surface area contributed by atoms with Crippen molar-refractivity contribution in [2.45, 2.75) is 12.8 Å². The number of hydrogen-bond donors (Lipinski definition) is 1. The highest BCUT2D eigenvalue weighted by molar-refractivity contribution is 6.30. The van der Waals surface area contributed by atoms with Gasteiger partial charge in [0.05, 0.1) is 0 Å². The highest BCUT2D eigenvalue weighted by Crippen LogP contribution is 2.15. The minimum absolute atomic E-state index is 0.0111. The summed E-state index contributed by atoms with van der Waals surface area (Å²) in [6.07, 6.45) is -0.0440. The number of halogens is 3. The fraction of sp³-hybridized carbons (Fsp3) is 0.125. The average molecular weight is 324 g/mol. The molecule has 0 saturated carbocycles. The van der Waals surface area contributed by atoms with Crippen molar-refractivity contribution in [2.75, 3.05) is 5.32 Å². The van der Waals surface area contributed by atoms with Gasteiger partial charge in [0.1, 0.15) is 0 Å². The topological polar surface area (TPSA) is 46.2 Å². The first-order valence-corrected chi connectivity index (χ1v) is 6.87. The molecule has 2 aromatic carbocycles. The van der Waals surface area contributed by atoms with Gasteiger partial charge in [-0.05, 0) is 36.4 Å². The zero-order valence-corrected chi connectivity index (χ0v) is 12.2. The largest absolute Gasteiger partial charge is 0.326 e. The molecule has 22 heavy (non-hydrogen) atoms. The predicted octanol–water partition coefficient (Wildman–Crippen LogP) is 4.22. The Bertz CT molecular complexity index is 702. The number of ketones is 1. The van der Waals surface area contributed by atoms with Crippen LogP contribution in [0.1, 0.15) is 23.2 Å². The minimum Gasteiger partial charge on any atom is -0.326 e. The molecular weight excluding hydrogens is 312 g/mol. The molecule has 6 heteroatoms. The van der Waals surface area contributed by atoms with Gasteiger partial charge in [0.25, 0.3) is 0 Å². The second-order valence-corrected chi connectivity index (χ2v) is 5.04. The van der Waals surface area contributed by atoms with Gasteiger partial charge in [-0.3, -0.25) is 9.59 Å². The lowest BCUT2D eigenvalue weighted by atomic mass is 10.1. The van der Waals surface area contributed by atoms with Crippen LogP contribution < -0.4 is 5.32 Å². The van der Waals surface area contributed by atoms with Crippen molar-refractivity contribution in [3.63, 3.8) is 0 Å². The fourth-order valence-electron chi connectivity index (χ4n) is 1.80. The van der Waals surface area contributed by atoms with Crippen LogP contribution in [-0.2, 0) is 4.79 Å². The third-order valence-corrected chi connectivity index (χ3v) is 3.20. The monoisotopic (exact) mass is 323 g/mol. The van der Waals surface area contributed by atoms with Crippen molar-refractivity contribution in [1.29, 1.82) is 0 Å². The molecule has 1 N–H and O–H groups in total. The second-order valence-electron chi connectivity index (χ2n) is 4.61. The highest BCUT2D eigenvalue weighted by atomic mass is 35.5. The van der Waals surface area contributed by atoms with Crippen molar-refractivity contribution in [2.24, 2.45) is 0 Å². The third-order valence-electron chi connectivity index (χ3n) is 2.95. The van der Waals surface area contributed by atoms with E-state index in [9.17, 15) is 18.4 Å². The summed E-state index contributed by atoms with van der Waals surface area (Å²) in [5.74, 6) is -2.68. The molecule has 2 aromatic rings. The van der Waals surface area contributed by atoms with E-state index in [2.05, 4.69) is 5.32 Å². The number of hydrogen-bond acceptors (Lipinski definition) is 2. The van der Waals surface area contributed by atoms with E-state index in [0.717, 1.165) is 12.1 Å². The maximum Gasteiger partial charge on any atom is 0.224 e. The molecule has 3 nitrogen and oxygen atoms in total. The summed E-state index contributed by atoms with van der Waals surface area (Å²) in [6, 6.07) is 9.40. The Morgan fingerprint density at radius 1 is 0.955 bits per heavy atom. The van der Waals surface area contributed by atoms with Crippen LogP contribution in [0.2, 0.25) is 5.02 Å². The number of rotatable bonds is 5. The highest BCUT2D eigenvalue weighted by Gasteiger charge is 2.10. The lowest BCUT2D eigenvalue weighted by Crippen LogP contribution is -2.13. The molecule has 1 amide bonds. The summed E-state index contributed by atoms with van der Waals surface area (Å²) >= 11 is 5.73. The number of carbonyl (C=O) groups excluding carboxylic acids is 2. The molecule has 0 bridgehead atoms. The normalized spacial score (nSPS) is 10.3. The van der Waals surface area contributed by atoms with Gasteiger partial charge in [-0.1, -0.05) is 11.6 Å². The van der Waals surface area contributed by atoms with Crippen molar-refractivity contribution in [3.8, 4) is 0 Å². The molecule has 0 heterocycles. The van der Waals surface area contributed by atoms with Gasteiger partial charge < -0.3 is 5.32 Å². The summed E-state index contributed by atoms with van der Waals surface area (Å²) in [4.78, 5) is 23.6. The maximum absolute atomic E-state index is 13.0. The molecule has 0 unspecified atom stereocenters.